The molecule has 0 unspecified atom stereocenters. The Morgan fingerprint density at radius 3 is 2.57 bits per heavy atom. The van der Waals surface area contributed by atoms with Crippen molar-refractivity contribution >= 4 is 34.0 Å². The predicted molar refractivity (Wildman–Crippen MR) is 88.9 cm³/mol. The number of hydrogen-bond donors (Lipinski definition) is 1. The molecule has 0 bridgehead atoms. The lowest BCUT2D eigenvalue weighted by atomic mass is 10.1. The number of hydrogen-bond acceptors (Lipinski definition) is 3. The second-order valence-electron chi connectivity index (χ2n) is 4.52. The Balaban J connectivity index is 2.27. The third kappa shape index (κ3) is 3.69. The summed E-state index contributed by atoms with van der Waals surface area (Å²) < 4.78 is 13.9. The van der Waals surface area contributed by atoms with Crippen molar-refractivity contribution in [1.82, 2.24) is 0 Å². The molecule has 6 heteroatoms. The molecule has 0 aliphatic carbocycles. The van der Waals surface area contributed by atoms with Gasteiger partial charge in [0.1, 0.15) is 11.5 Å². The molecule has 2 aromatic carbocycles. The predicted octanol–water partition coefficient (Wildman–Crippen LogP) is 4.51. The lowest BCUT2D eigenvalue weighted by Gasteiger charge is -2.11. The smallest absolute Gasteiger partial charge is 0.293 e. The number of nitro benzene ring substituents is 1. The quantitative estimate of drug-likeness (QED) is 0.457. The Morgan fingerprint density at radius 2 is 1.95 bits per heavy atom. The molecule has 0 aliphatic rings. The summed E-state index contributed by atoms with van der Waals surface area (Å²) in [5, 5.41) is 14.0. The van der Waals surface area contributed by atoms with Crippen LogP contribution in [0.4, 0.5) is 15.8 Å². The Bertz CT molecular complexity index is 677. The summed E-state index contributed by atoms with van der Waals surface area (Å²) in [5.41, 5.74) is 2.30. The van der Waals surface area contributed by atoms with Crippen LogP contribution in [0.3, 0.4) is 0 Å². The molecule has 0 heterocycles. The van der Waals surface area contributed by atoms with Gasteiger partial charge < -0.3 is 5.32 Å². The number of nitrogens with zero attached hydrogens (tertiary/aromatic N) is 1. The average Bonchev–Trinajstić information content (AvgIpc) is 2.48. The maximum Gasteiger partial charge on any atom is 0.293 e. The van der Waals surface area contributed by atoms with Gasteiger partial charge in [0.15, 0.2) is 0 Å². The van der Waals surface area contributed by atoms with Crippen molar-refractivity contribution in [2.45, 2.75) is 19.9 Å². The highest BCUT2D eigenvalue weighted by atomic mass is 127. The fourth-order valence-corrected chi connectivity index (χ4v) is 2.54. The molecule has 2 aromatic rings. The number of rotatable bonds is 5. The summed E-state index contributed by atoms with van der Waals surface area (Å²) >= 11 is 1.74. The van der Waals surface area contributed by atoms with Gasteiger partial charge in [-0.05, 0) is 40.1 Å². The highest BCUT2D eigenvalue weighted by Gasteiger charge is 2.17. The highest BCUT2D eigenvalue weighted by Crippen LogP contribution is 2.29. The van der Waals surface area contributed by atoms with E-state index in [1.165, 1.54) is 17.7 Å². The number of benzene rings is 2. The van der Waals surface area contributed by atoms with Gasteiger partial charge in [-0.1, -0.05) is 31.2 Å². The molecule has 21 heavy (non-hydrogen) atoms. The van der Waals surface area contributed by atoms with Gasteiger partial charge >= 0.3 is 0 Å². The molecular formula is C15H14FIN2O2. The van der Waals surface area contributed by atoms with Gasteiger partial charge in [0, 0.05) is 18.7 Å². The van der Waals surface area contributed by atoms with Crippen molar-refractivity contribution in [3.63, 3.8) is 0 Å². The van der Waals surface area contributed by atoms with Crippen molar-refractivity contribution < 1.29 is 9.31 Å². The van der Waals surface area contributed by atoms with E-state index in [0.717, 1.165) is 12.0 Å². The van der Waals surface area contributed by atoms with Gasteiger partial charge in [-0.2, -0.15) is 0 Å². The van der Waals surface area contributed by atoms with E-state index < -0.39 is 10.7 Å². The van der Waals surface area contributed by atoms with E-state index in [1.807, 2.05) is 31.2 Å². The zero-order valence-electron chi connectivity index (χ0n) is 11.4. The normalized spacial score (nSPS) is 10.4. The molecule has 0 saturated heterocycles. The number of anilines is 1. The minimum atomic E-state index is -0.504. The van der Waals surface area contributed by atoms with Crippen molar-refractivity contribution in [3.05, 3.63) is 67.0 Å². The molecule has 0 saturated carbocycles. The summed E-state index contributed by atoms with van der Waals surface area (Å²) in [4.78, 5) is 10.6. The number of aryl methyl sites for hydroxylation is 1. The molecule has 0 amide bonds. The van der Waals surface area contributed by atoms with Gasteiger partial charge in [0.05, 0.1) is 8.49 Å². The Labute approximate surface area is 135 Å². The molecular weight excluding hydrogens is 386 g/mol. The lowest BCUT2D eigenvalue weighted by molar-refractivity contribution is -0.384. The summed E-state index contributed by atoms with van der Waals surface area (Å²) in [5.74, 6) is -0.465. The second kappa shape index (κ2) is 6.84. The van der Waals surface area contributed by atoms with Gasteiger partial charge in [0.2, 0.25) is 0 Å². The van der Waals surface area contributed by atoms with Crippen LogP contribution in [-0.4, -0.2) is 4.92 Å². The molecule has 0 aromatic heterocycles. The van der Waals surface area contributed by atoms with Gasteiger partial charge in [-0.15, -0.1) is 0 Å². The van der Waals surface area contributed by atoms with E-state index >= 15 is 0 Å². The number of nitrogens with one attached hydrogen (secondary N) is 1. The molecule has 0 spiro atoms. The summed E-state index contributed by atoms with van der Waals surface area (Å²) in [6, 6.07) is 10.3. The van der Waals surface area contributed by atoms with Crippen molar-refractivity contribution in [2.75, 3.05) is 5.32 Å². The van der Waals surface area contributed by atoms with Crippen molar-refractivity contribution in [2.24, 2.45) is 0 Å². The van der Waals surface area contributed by atoms with Gasteiger partial charge in [-0.25, -0.2) is 4.39 Å². The summed E-state index contributed by atoms with van der Waals surface area (Å²) in [7, 11) is 0. The average molecular weight is 400 g/mol. The molecule has 0 fully saturated rings. The van der Waals surface area contributed by atoms with Crippen LogP contribution in [-0.2, 0) is 13.0 Å². The topological polar surface area (TPSA) is 55.2 Å². The van der Waals surface area contributed by atoms with Crippen LogP contribution in [0.5, 0.6) is 0 Å². The first-order valence-corrected chi connectivity index (χ1v) is 7.55. The van der Waals surface area contributed by atoms with Crippen LogP contribution in [0.15, 0.2) is 36.4 Å². The number of nitro groups is 1. The SMILES string of the molecule is CCc1ccccc1CNc1cc(F)c(I)cc1[N+](=O)[O-]. The van der Waals surface area contributed by atoms with Crippen LogP contribution in [0.2, 0.25) is 0 Å². The first-order valence-electron chi connectivity index (χ1n) is 6.47. The molecule has 4 nitrogen and oxygen atoms in total. The fraction of sp³-hybridized carbons (Fsp3) is 0.200. The second-order valence-corrected chi connectivity index (χ2v) is 5.68. The third-order valence-electron chi connectivity index (χ3n) is 3.20. The highest BCUT2D eigenvalue weighted by molar-refractivity contribution is 14.1. The molecule has 0 atom stereocenters. The van der Waals surface area contributed by atoms with E-state index in [1.54, 1.807) is 22.6 Å². The van der Waals surface area contributed by atoms with Gasteiger partial charge in [0.25, 0.3) is 5.69 Å². The first kappa shape index (κ1) is 15.7. The molecule has 0 radical (unpaired) electrons. The van der Waals surface area contributed by atoms with E-state index in [-0.39, 0.29) is 14.9 Å². The lowest BCUT2D eigenvalue weighted by Crippen LogP contribution is -2.05. The molecule has 0 aliphatic heterocycles. The standard InChI is InChI=1S/C15H14FIN2O2/c1-2-10-5-3-4-6-11(10)9-18-14-7-12(16)13(17)8-15(14)19(20)21/h3-8,18H,2,9H2,1H3. The minimum Gasteiger partial charge on any atom is -0.375 e. The van der Waals surface area contributed by atoms with E-state index in [2.05, 4.69) is 5.32 Å². The van der Waals surface area contributed by atoms with E-state index in [9.17, 15) is 14.5 Å². The van der Waals surface area contributed by atoms with E-state index in [0.29, 0.717) is 6.54 Å². The Kier molecular flexibility index (Phi) is 5.11. The third-order valence-corrected chi connectivity index (χ3v) is 4.03. The van der Waals surface area contributed by atoms with Crippen LogP contribution in [0, 0.1) is 19.5 Å². The zero-order valence-corrected chi connectivity index (χ0v) is 13.6. The minimum absolute atomic E-state index is 0.116. The Hall–Kier alpha value is -1.70. The Morgan fingerprint density at radius 1 is 1.29 bits per heavy atom. The molecule has 1 N–H and O–H groups in total. The zero-order chi connectivity index (χ0) is 15.4. The van der Waals surface area contributed by atoms with Crippen LogP contribution < -0.4 is 5.32 Å². The van der Waals surface area contributed by atoms with Crippen LogP contribution in [0.25, 0.3) is 0 Å². The summed E-state index contributed by atoms with van der Waals surface area (Å²) in [6.45, 7) is 2.47. The van der Waals surface area contributed by atoms with Crippen LogP contribution >= 0.6 is 22.6 Å². The maximum absolute atomic E-state index is 13.6. The first-order chi connectivity index (χ1) is 10.0. The number of halogens is 2. The fourth-order valence-electron chi connectivity index (χ4n) is 2.09. The van der Waals surface area contributed by atoms with Crippen LogP contribution in [0.1, 0.15) is 18.1 Å². The largest absolute Gasteiger partial charge is 0.375 e. The van der Waals surface area contributed by atoms with Crippen molar-refractivity contribution in [1.29, 1.82) is 0 Å². The monoisotopic (exact) mass is 400 g/mol. The molecule has 110 valence electrons. The van der Waals surface area contributed by atoms with Crippen molar-refractivity contribution in [3.8, 4) is 0 Å². The maximum atomic E-state index is 13.6. The van der Waals surface area contributed by atoms with E-state index in [4.69, 9.17) is 0 Å². The van der Waals surface area contributed by atoms with Gasteiger partial charge in [-0.3, -0.25) is 10.1 Å². The molecule has 2 rings (SSSR count). The summed E-state index contributed by atoms with van der Waals surface area (Å²) in [6.07, 6.45) is 0.876.